The van der Waals surface area contributed by atoms with Crippen molar-refractivity contribution in [2.24, 2.45) is 10.9 Å². The van der Waals surface area contributed by atoms with Gasteiger partial charge in [0, 0.05) is 10.8 Å². The zero-order chi connectivity index (χ0) is 19.9. The number of ketones is 1. The average molecular weight is 397 g/mol. The van der Waals surface area contributed by atoms with Crippen LogP contribution >= 0.6 is 11.8 Å². The molecule has 146 valence electrons. The number of Topliss-reactive ketones (excluding diaryl/α,β-unsaturated/α-hetero) is 1. The van der Waals surface area contributed by atoms with Crippen LogP contribution in [-0.4, -0.2) is 31.0 Å². The summed E-state index contributed by atoms with van der Waals surface area (Å²) in [6.07, 6.45) is 2.21. The largest absolute Gasteiger partial charge is 0.494 e. The highest BCUT2D eigenvalue weighted by Gasteiger charge is 2.35. The Morgan fingerprint density at radius 2 is 1.89 bits per heavy atom. The Balaban J connectivity index is 1.76. The number of hydrogen-bond acceptors (Lipinski definition) is 6. The molecule has 0 spiro atoms. The van der Waals surface area contributed by atoms with Crippen LogP contribution in [0, 0.1) is 5.92 Å². The molecule has 6 heteroatoms. The molecule has 28 heavy (non-hydrogen) atoms. The molecular weight excluding hydrogens is 374 g/mol. The highest BCUT2D eigenvalue weighted by Crippen LogP contribution is 2.49. The SMILES string of the molecule is CCOc1ccc(N=CSC(c2ccccc2C(=O)C(=O)OC)C2CC2)cc1. The van der Waals surface area contributed by atoms with Crippen molar-refractivity contribution < 1.29 is 19.1 Å². The first-order valence-electron chi connectivity index (χ1n) is 9.26. The van der Waals surface area contributed by atoms with Gasteiger partial charge in [-0.05, 0) is 55.5 Å². The minimum atomic E-state index is -0.838. The van der Waals surface area contributed by atoms with E-state index in [-0.39, 0.29) is 5.25 Å². The first-order chi connectivity index (χ1) is 13.6. The van der Waals surface area contributed by atoms with Crippen LogP contribution in [0.15, 0.2) is 53.5 Å². The summed E-state index contributed by atoms with van der Waals surface area (Å²) in [6, 6.07) is 14.9. The lowest BCUT2D eigenvalue weighted by molar-refractivity contribution is -0.135. The average Bonchev–Trinajstić information content (AvgIpc) is 3.57. The second-order valence-electron chi connectivity index (χ2n) is 6.46. The summed E-state index contributed by atoms with van der Waals surface area (Å²) in [4.78, 5) is 28.6. The van der Waals surface area contributed by atoms with Crippen LogP contribution < -0.4 is 4.74 Å². The minimum Gasteiger partial charge on any atom is -0.494 e. The monoisotopic (exact) mass is 397 g/mol. The van der Waals surface area contributed by atoms with Crippen LogP contribution in [-0.2, 0) is 9.53 Å². The van der Waals surface area contributed by atoms with Crippen molar-refractivity contribution in [3.8, 4) is 5.75 Å². The van der Waals surface area contributed by atoms with E-state index in [4.69, 9.17) is 4.74 Å². The fraction of sp³-hybridized carbons (Fsp3) is 0.318. The molecule has 0 aromatic heterocycles. The quantitative estimate of drug-likeness (QED) is 0.196. The fourth-order valence-electron chi connectivity index (χ4n) is 2.94. The standard InChI is InChI=1S/C22H23NO4S/c1-3-27-17-12-10-16(11-13-17)23-14-28-21(15-8-9-15)19-7-5-4-6-18(19)20(24)22(25)26-2/h4-7,10-15,21H,3,8-9H2,1-2H3. The molecule has 0 N–H and O–H groups in total. The topological polar surface area (TPSA) is 65.0 Å². The number of esters is 1. The summed E-state index contributed by atoms with van der Waals surface area (Å²) in [6.45, 7) is 2.58. The number of hydrogen-bond donors (Lipinski definition) is 0. The molecule has 1 aliphatic rings. The van der Waals surface area contributed by atoms with Crippen molar-refractivity contribution in [1.82, 2.24) is 0 Å². The number of benzene rings is 2. The van der Waals surface area contributed by atoms with Crippen LogP contribution in [0.5, 0.6) is 5.75 Å². The van der Waals surface area contributed by atoms with Gasteiger partial charge in [-0.25, -0.2) is 4.79 Å². The predicted molar refractivity (Wildman–Crippen MR) is 112 cm³/mol. The third kappa shape index (κ3) is 5.01. The second-order valence-corrected chi connectivity index (χ2v) is 7.45. The Morgan fingerprint density at radius 1 is 1.18 bits per heavy atom. The van der Waals surface area contributed by atoms with E-state index in [1.165, 1.54) is 7.11 Å². The van der Waals surface area contributed by atoms with Gasteiger partial charge in [-0.1, -0.05) is 24.3 Å². The number of methoxy groups -OCH3 is 1. The van der Waals surface area contributed by atoms with Gasteiger partial charge < -0.3 is 9.47 Å². The number of rotatable bonds is 9. The third-order valence-corrected chi connectivity index (χ3v) is 5.65. The van der Waals surface area contributed by atoms with Crippen molar-refractivity contribution in [3.05, 3.63) is 59.7 Å². The summed E-state index contributed by atoms with van der Waals surface area (Å²) in [5.74, 6) is -0.147. The number of carbonyl (C=O) groups is 2. The molecule has 1 aliphatic carbocycles. The maximum atomic E-state index is 12.4. The smallest absolute Gasteiger partial charge is 0.379 e. The van der Waals surface area contributed by atoms with E-state index in [1.54, 1.807) is 23.9 Å². The number of carbonyl (C=O) groups excluding carboxylic acids is 2. The van der Waals surface area contributed by atoms with Gasteiger partial charge in [-0.15, -0.1) is 11.8 Å². The lowest BCUT2D eigenvalue weighted by Gasteiger charge is -2.17. The highest BCUT2D eigenvalue weighted by atomic mass is 32.2. The van der Waals surface area contributed by atoms with Crippen molar-refractivity contribution in [3.63, 3.8) is 0 Å². The maximum Gasteiger partial charge on any atom is 0.379 e. The summed E-state index contributed by atoms with van der Waals surface area (Å²) < 4.78 is 10.0. The Bertz CT molecular complexity index is 859. The van der Waals surface area contributed by atoms with Crippen molar-refractivity contribution in [1.29, 1.82) is 0 Å². The molecule has 2 aromatic carbocycles. The molecule has 1 saturated carbocycles. The first-order valence-corrected chi connectivity index (χ1v) is 10.2. The van der Waals surface area contributed by atoms with E-state index >= 15 is 0 Å². The van der Waals surface area contributed by atoms with E-state index in [9.17, 15) is 9.59 Å². The Hall–Kier alpha value is -2.60. The van der Waals surface area contributed by atoms with Crippen molar-refractivity contribution in [2.45, 2.75) is 25.0 Å². The summed E-state index contributed by atoms with van der Waals surface area (Å²) in [7, 11) is 1.22. The normalized spacial score (nSPS) is 14.6. The summed E-state index contributed by atoms with van der Waals surface area (Å²) in [5, 5.41) is 0.0799. The number of thioether (sulfide) groups is 1. The van der Waals surface area contributed by atoms with Gasteiger partial charge in [0.15, 0.2) is 0 Å². The van der Waals surface area contributed by atoms with Gasteiger partial charge in [0.1, 0.15) is 5.75 Å². The summed E-state index contributed by atoms with van der Waals surface area (Å²) in [5.41, 5.74) is 3.93. The van der Waals surface area contributed by atoms with Crippen molar-refractivity contribution >= 4 is 34.7 Å². The molecular formula is C22H23NO4S. The van der Waals surface area contributed by atoms with Crippen LogP contribution in [0.25, 0.3) is 0 Å². The zero-order valence-corrected chi connectivity index (χ0v) is 16.8. The molecule has 0 amide bonds. The van der Waals surface area contributed by atoms with Gasteiger partial charge in [0.25, 0.3) is 5.78 Å². The Morgan fingerprint density at radius 3 is 2.54 bits per heavy atom. The molecule has 3 rings (SSSR count). The van der Waals surface area contributed by atoms with Gasteiger partial charge >= 0.3 is 5.97 Å². The number of aliphatic imine (C=N–C) groups is 1. The van der Waals surface area contributed by atoms with E-state index in [2.05, 4.69) is 9.73 Å². The molecule has 1 unspecified atom stereocenters. The van der Waals surface area contributed by atoms with Gasteiger partial charge in [-0.3, -0.25) is 9.79 Å². The third-order valence-electron chi connectivity index (χ3n) is 4.49. The predicted octanol–water partition coefficient (Wildman–Crippen LogP) is 4.99. The summed E-state index contributed by atoms with van der Waals surface area (Å²) >= 11 is 1.58. The number of ether oxygens (including phenoxy) is 2. The van der Waals surface area contributed by atoms with Gasteiger partial charge in [-0.2, -0.15) is 0 Å². The van der Waals surface area contributed by atoms with Gasteiger partial charge in [0.05, 0.1) is 25.0 Å². The van der Waals surface area contributed by atoms with Crippen LogP contribution in [0.1, 0.15) is 40.9 Å². The van der Waals surface area contributed by atoms with E-state index in [0.29, 0.717) is 18.1 Å². The molecule has 0 radical (unpaired) electrons. The molecule has 0 aliphatic heterocycles. The first kappa shape index (κ1) is 20.1. The Labute approximate surface area is 169 Å². The number of nitrogens with zero attached hydrogens (tertiary/aromatic N) is 1. The molecule has 2 aromatic rings. The molecule has 5 nitrogen and oxygen atoms in total. The lowest BCUT2D eigenvalue weighted by Crippen LogP contribution is -2.18. The van der Waals surface area contributed by atoms with Crippen molar-refractivity contribution in [2.75, 3.05) is 13.7 Å². The molecule has 0 bridgehead atoms. The fourth-order valence-corrected chi connectivity index (χ4v) is 4.10. The molecule has 0 heterocycles. The van der Waals surface area contributed by atoms with E-state index in [0.717, 1.165) is 29.8 Å². The van der Waals surface area contributed by atoms with Crippen LogP contribution in [0.3, 0.4) is 0 Å². The molecule has 1 fully saturated rings. The molecule has 1 atom stereocenters. The van der Waals surface area contributed by atoms with E-state index < -0.39 is 11.8 Å². The maximum absolute atomic E-state index is 12.4. The van der Waals surface area contributed by atoms with Crippen LogP contribution in [0.4, 0.5) is 5.69 Å². The minimum absolute atomic E-state index is 0.0799. The Kier molecular flexibility index (Phi) is 6.87. The van der Waals surface area contributed by atoms with E-state index in [1.807, 2.05) is 48.9 Å². The van der Waals surface area contributed by atoms with Gasteiger partial charge in [0.2, 0.25) is 0 Å². The second kappa shape index (κ2) is 9.55. The molecule has 0 saturated heterocycles. The lowest BCUT2D eigenvalue weighted by atomic mass is 9.98. The van der Waals surface area contributed by atoms with Crippen LogP contribution in [0.2, 0.25) is 0 Å². The zero-order valence-electron chi connectivity index (χ0n) is 16.0. The highest BCUT2D eigenvalue weighted by molar-refractivity contribution is 8.12.